The molecule has 2 atom stereocenters. The summed E-state index contributed by atoms with van der Waals surface area (Å²) in [6.07, 6.45) is 3.05. The van der Waals surface area contributed by atoms with Crippen molar-refractivity contribution in [3.05, 3.63) is 0 Å². The van der Waals surface area contributed by atoms with Gasteiger partial charge in [-0.15, -0.1) is 12.4 Å². The molecule has 0 bridgehead atoms. The molecule has 0 aliphatic heterocycles. The first-order chi connectivity index (χ1) is 5.24. The van der Waals surface area contributed by atoms with Gasteiger partial charge in [0.1, 0.15) is 5.78 Å². The van der Waals surface area contributed by atoms with Crippen molar-refractivity contribution in [3.63, 3.8) is 0 Å². The molecule has 1 aliphatic carbocycles. The lowest BCUT2D eigenvalue weighted by Crippen LogP contribution is -2.29. The molecule has 0 saturated heterocycles. The molecule has 1 rings (SSSR count). The summed E-state index contributed by atoms with van der Waals surface area (Å²) in [4.78, 5) is 11.1. The van der Waals surface area contributed by atoms with Crippen LogP contribution in [0, 0.1) is 5.92 Å². The SMILES string of the molecule is Cl.NCC(=O)[C@@H]1CCC[C@@H](O)C1. The van der Waals surface area contributed by atoms with Gasteiger partial charge in [0.25, 0.3) is 0 Å². The average molecular weight is 194 g/mol. The normalized spacial score (nSPS) is 29.2. The highest BCUT2D eigenvalue weighted by atomic mass is 35.5. The molecule has 4 heteroatoms. The number of ketones is 1. The summed E-state index contributed by atoms with van der Waals surface area (Å²) < 4.78 is 0. The molecule has 0 aromatic carbocycles. The molecule has 0 heterocycles. The van der Waals surface area contributed by atoms with E-state index >= 15 is 0 Å². The molecule has 0 spiro atoms. The number of aliphatic hydroxyl groups excluding tert-OH is 1. The number of hydrogen-bond donors (Lipinski definition) is 2. The number of carbonyl (C=O) groups is 1. The number of Topliss-reactive ketones (excluding diaryl/α,β-unsaturated/α-hetero) is 1. The van der Waals surface area contributed by atoms with Gasteiger partial charge in [-0.05, 0) is 19.3 Å². The highest BCUT2D eigenvalue weighted by Crippen LogP contribution is 2.24. The Balaban J connectivity index is 0.00000121. The smallest absolute Gasteiger partial charge is 0.149 e. The topological polar surface area (TPSA) is 63.3 Å². The number of hydrogen-bond acceptors (Lipinski definition) is 3. The summed E-state index contributed by atoms with van der Waals surface area (Å²) in [6, 6.07) is 0. The van der Waals surface area contributed by atoms with Crippen LogP contribution >= 0.6 is 12.4 Å². The molecule has 3 nitrogen and oxygen atoms in total. The van der Waals surface area contributed by atoms with E-state index in [4.69, 9.17) is 5.73 Å². The van der Waals surface area contributed by atoms with E-state index in [1.54, 1.807) is 0 Å². The van der Waals surface area contributed by atoms with Crippen LogP contribution in [-0.2, 0) is 4.79 Å². The van der Waals surface area contributed by atoms with Crippen LogP contribution in [0.4, 0.5) is 0 Å². The second-order valence-corrected chi connectivity index (χ2v) is 3.19. The van der Waals surface area contributed by atoms with E-state index in [1.165, 1.54) is 0 Å². The lowest BCUT2D eigenvalue weighted by atomic mass is 9.84. The lowest BCUT2D eigenvalue weighted by molar-refractivity contribution is -0.123. The fraction of sp³-hybridized carbons (Fsp3) is 0.875. The van der Waals surface area contributed by atoms with E-state index in [0.717, 1.165) is 19.3 Å². The first-order valence-corrected chi connectivity index (χ1v) is 4.15. The van der Waals surface area contributed by atoms with Gasteiger partial charge in [0.2, 0.25) is 0 Å². The van der Waals surface area contributed by atoms with Gasteiger partial charge < -0.3 is 10.8 Å². The third-order valence-electron chi connectivity index (χ3n) is 2.30. The largest absolute Gasteiger partial charge is 0.393 e. The highest BCUT2D eigenvalue weighted by molar-refractivity contribution is 5.85. The number of aliphatic hydroxyl groups is 1. The monoisotopic (exact) mass is 193 g/mol. The molecule has 0 radical (unpaired) electrons. The maximum atomic E-state index is 11.1. The first-order valence-electron chi connectivity index (χ1n) is 4.15. The summed E-state index contributed by atoms with van der Waals surface area (Å²) in [5.74, 6) is 0.132. The van der Waals surface area contributed by atoms with Gasteiger partial charge in [0.15, 0.2) is 0 Å². The van der Waals surface area contributed by atoms with E-state index in [0.29, 0.717) is 6.42 Å². The molecule has 1 fully saturated rings. The number of rotatable bonds is 2. The van der Waals surface area contributed by atoms with Gasteiger partial charge in [0, 0.05) is 5.92 Å². The van der Waals surface area contributed by atoms with E-state index < -0.39 is 0 Å². The predicted molar refractivity (Wildman–Crippen MR) is 49.3 cm³/mol. The standard InChI is InChI=1S/C8H15NO2.ClH/c9-5-8(11)6-2-1-3-7(10)4-6;/h6-7,10H,1-5,9H2;1H/t6-,7-;/m1./s1. The van der Waals surface area contributed by atoms with Crippen LogP contribution in [0.5, 0.6) is 0 Å². The third-order valence-corrected chi connectivity index (χ3v) is 2.30. The van der Waals surface area contributed by atoms with Crippen LogP contribution in [0.1, 0.15) is 25.7 Å². The molecule has 72 valence electrons. The Bertz CT molecular complexity index is 152. The molecule has 0 aromatic rings. The van der Waals surface area contributed by atoms with Crippen molar-refractivity contribution in [3.8, 4) is 0 Å². The van der Waals surface area contributed by atoms with Gasteiger partial charge >= 0.3 is 0 Å². The minimum atomic E-state index is -0.274. The Kier molecular flexibility index (Phi) is 5.46. The average Bonchev–Trinajstić information content (AvgIpc) is 2.03. The quantitative estimate of drug-likeness (QED) is 0.671. The maximum absolute atomic E-state index is 11.1. The Labute approximate surface area is 78.7 Å². The Morgan fingerprint density at radius 2 is 2.17 bits per heavy atom. The van der Waals surface area contributed by atoms with Crippen LogP contribution in [0.2, 0.25) is 0 Å². The number of nitrogens with two attached hydrogens (primary N) is 1. The van der Waals surface area contributed by atoms with E-state index in [-0.39, 0.29) is 36.8 Å². The Hall–Kier alpha value is -0.120. The number of halogens is 1. The third kappa shape index (κ3) is 3.09. The molecule has 3 N–H and O–H groups in total. The first kappa shape index (κ1) is 11.9. The van der Waals surface area contributed by atoms with Gasteiger partial charge in [0.05, 0.1) is 12.6 Å². The van der Waals surface area contributed by atoms with Gasteiger partial charge in [-0.1, -0.05) is 6.42 Å². The van der Waals surface area contributed by atoms with E-state index in [2.05, 4.69) is 0 Å². The Morgan fingerprint density at radius 3 is 2.67 bits per heavy atom. The van der Waals surface area contributed by atoms with E-state index in [9.17, 15) is 9.90 Å². The molecule has 0 amide bonds. The molecular formula is C8H16ClNO2. The molecule has 0 unspecified atom stereocenters. The summed E-state index contributed by atoms with van der Waals surface area (Å²) in [5, 5.41) is 9.23. The molecule has 12 heavy (non-hydrogen) atoms. The fourth-order valence-electron chi connectivity index (χ4n) is 1.62. The molecular weight excluding hydrogens is 178 g/mol. The summed E-state index contributed by atoms with van der Waals surface area (Å²) in [6.45, 7) is 0.122. The molecule has 1 aliphatic rings. The lowest BCUT2D eigenvalue weighted by Gasteiger charge is -2.23. The fourth-order valence-corrected chi connectivity index (χ4v) is 1.62. The Morgan fingerprint density at radius 1 is 1.50 bits per heavy atom. The second kappa shape index (κ2) is 5.51. The van der Waals surface area contributed by atoms with Crippen LogP contribution in [0.15, 0.2) is 0 Å². The summed E-state index contributed by atoms with van der Waals surface area (Å²) in [7, 11) is 0. The van der Waals surface area contributed by atoms with Crippen LogP contribution in [-0.4, -0.2) is 23.5 Å². The van der Waals surface area contributed by atoms with Crippen molar-refractivity contribution in [2.45, 2.75) is 31.8 Å². The number of carbonyl (C=O) groups excluding carboxylic acids is 1. The molecule has 1 saturated carbocycles. The minimum absolute atomic E-state index is 0. The van der Waals surface area contributed by atoms with Crippen molar-refractivity contribution >= 4 is 18.2 Å². The van der Waals surface area contributed by atoms with Crippen molar-refractivity contribution < 1.29 is 9.90 Å². The zero-order valence-electron chi connectivity index (χ0n) is 7.03. The highest BCUT2D eigenvalue weighted by Gasteiger charge is 2.24. The minimum Gasteiger partial charge on any atom is -0.393 e. The van der Waals surface area contributed by atoms with Gasteiger partial charge in [-0.3, -0.25) is 4.79 Å². The van der Waals surface area contributed by atoms with Gasteiger partial charge in [-0.25, -0.2) is 0 Å². The van der Waals surface area contributed by atoms with Crippen molar-refractivity contribution in [2.24, 2.45) is 11.7 Å². The van der Waals surface area contributed by atoms with Crippen LogP contribution in [0.25, 0.3) is 0 Å². The second-order valence-electron chi connectivity index (χ2n) is 3.19. The van der Waals surface area contributed by atoms with Crippen LogP contribution < -0.4 is 5.73 Å². The van der Waals surface area contributed by atoms with Crippen molar-refractivity contribution in [1.29, 1.82) is 0 Å². The summed E-state index contributed by atoms with van der Waals surface area (Å²) >= 11 is 0. The molecule has 0 aromatic heterocycles. The zero-order valence-corrected chi connectivity index (χ0v) is 7.85. The van der Waals surface area contributed by atoms with Crippen LogP contribution in [0.3, 0.4) is 0 Å². The van der Waals surface area contributed by atoms with E-state index in [1.807, 2.05) is 0 Å². The summed E-state index contributed by atoms with van der Waals surface area (Å²) in [5.41, 5.74) is 5.22. The van der Waals surface area contributed by atoms with Gasteiger partial charge in [-0.2, -0.15) is 0 Å². The zero-order chi connectivity index (χ0) is 8.27. The van der Waals surface area contributed by atoms with Crippen molar-refractivity contribution in [1.82, 2.24) is 0 Å². The predicted octanol–water partition coefficient (Wildman–Crippen LogP) is 0.487. The maximum Gasteiger partial charge on any atom is 0.149 e. The van der Waals surface area contributed by atoms with Crippen molar-refractivity contribution in [2.75, 3.05) is 6.54 Å².